The first-order chi connectivity index (χ1) is 12.6. The van der Waals surface area contributed by atoms with Gasteiger partial charge >= 0.3 is 0 Å². The highest BCUT2D eigenvalue weighted by atomic mass is 16.7. The van der Waals surface area contributed by atoms with E-state index in [0.717, 1.165) is 16.1 Å². The number of likely N-dealkylation sites (N-methyl/N-ethyl adjacent to an activating group) is 1. The number of carbonyl (C=O) groups is 1. The van der Waals surface area contributed by atoms with Crippen LogP contribution >= 0.6 is 0 Å². The van der Waals surface area contributed by atoms with Gasteiger partial charge in [0.05, 0.1) is 12.8 Å². The number of nitrogens with zero attached hydrogens (tertiary/aromatic N) is 4. The van der Waals surface area contributed by atoms with Crippen molar-refractivity contribution in [2.24, 2.45) is 0 Å². The van der Waals surface area contributed by atoms with E-state index >= 15 is 0 Å². The highest BCUT2D eigenvalue weighted by Gasteiger charge is 2.54. The minimum absolute atomic E-state index is 0.345. The highest BCUT2D eigenvalue weighted by molar-refractivity contribution is 5.82. The number of aryl methyl sites for hydroxylation is 1. The fraction of sp³-hybridized carbons (Fsp3) is 0.611. The van der Waals surface area contributed by atoms with Crippen molar-refractivity contribution >= 4 is 16.9 Å². The maximum absolute atomic E-state index is 12.8. The minimum atomic E-state index is -1.44. The standard InChI is InChI=1S/C18H26N4O5/c1-11-12-7-8-22(15(12)20-10-19-11)13-9-18(4,27-17(2,3)24)14(26-13)16(23)21(5)25-6/h7-8,10,13-14,24H,9H2,1-6H3. The van der Waals surface area contributed by atoms with E-state index in [1.54, 1.807) is 6.92 Å². The molecule has 9 heteroatoms. The average molecular weight is 378 g/mol. The molecule has 3 heterocycles. The van der Waals surface area contributed by atoms with E-state index in [4.69, 9.17) is 14.3 Å². The predicted octanol–water partition coefficient (Wildman–Crippen LogP) is 1.55. The summed E-state index contributed by atoms with van der Waals surface area (Å²) in [5, 5.41) is 12.2. The predicted molar refractivity (Wildman–Crippen MR) is 96.4 cm³/mol. The van der Waals surface area contributed by atoms with Crippen molar-refractivity contribution in [3.63, 3.8) is 0 Å². The quantitative estimate of drug-likeness (QED) is 0.622. The number of rotatable bonds is 5. The molecule has 2 aromatic rings. The second kappa shape index (κ2) is 6.83. The zero-order chi connectivity index (χ0) is 20.0. The maximum atomic E-state index is 12.8. The van der Waals surface area contributed by atoms with Crippen molar-refractivity contribution in [3.05, 3.63) is 24.3 Å². The second-order valence-electron chi connectivity index (χ2n) is 7.47. The molecule has 0 saturated carbocycles. The summed E-state index contributed by atoms with van der Waals surface area (Å²) < 4.78 is 13.8. The van der Waals surface area contributed by atoms with Gasteiger partial charge < -0.3 is 19.1 Å². The van der Waals surface area contributed by atoms with Crippen LogP contribution < -0.4 is 0 Å². The van der Waals surface area contributed by atoms with Gasteiger partial charge in [0.2, 0.25) is 0 Å². The third kappa shape index (κ3) is 3.68. The Balaban J connectivity index is 1.99. The number of amides is 1. The number of hydroxylamine groups is 2. The van der Waals surface area contributed by atoms with Gasteiger partial charge in [-0.2, -0.15) is 0 Å². The number of ether oxygens (including phenoxy) is 2. The van der Waals surface area contributed by atoms with Crippen LogP contribution in [0.5, 0.6) is 0 Å². The molecule has 1 amide bonds. The molecule has 0 spiro atoms. The van der Waals surface area contributed by atoms with Crippen LogP contribution in [0.4, 0.5) is 0 Å². The smallest absolute Gasteiger partial charge is 0.278 e. The Hall–Kier alpha value is -2.07. The van der Waals surface area contributed by atoms with E-state index in [0.29, 0.717) is 12.1 Å². The largest absolute Gasteiger partial charge is 0.366 e. The molecule has 1 N–H and O–H groups in total. The van der Waals surface area contributed by atoms with Crippen molar-refractivity contribution in [1.29, 1.82) is 0 Å². The maximum Gasteiger partial charge on any atom is 0.278 e. The number of aromatic nitrogens is 3. The number of carbonyl (C=O) groups excluding carboxylic acids is 1. The Labute approximate surface area is 157 Å². The monoisotopic (exact) mass is 378 g/mol. The van der Waals surface area contributed by atoms with Crippen LogP contribution in [-0.4, -0.2) is 62.3 Å². The third-order valence-corrected chi connectivity index (χ3v) is 4.74. The molecule has 1 aliphatic rings. The Kier molecular flexibility index (Phi) is 4.98. The summed E-state index contributed by atoms with van der Waals surface area (Å²) in [4.78, 5) is 26.4. The van der Waals surface area contributed by atoms with Gasteiger partial charge in [0.1, 0.15) is 23.8 Å². The molecule has 9 nitrogen and oxygen atoms in total. The Bertz CT molecular complexity index is 846. The summed E-state index contributed by atoms with van der Waals surface area (Å²) in [6.45, 7) is 6.71. The normalized spacial score (nSPS) is 25.9. The molecule has 1 aliphatic heterocycles. The molecule has 27 heavy (non-hydrogen) atoms. The summed E-state index contributed by atoms with van der Waals surface area (Å²) in [6.07, 6.45) is 2.24. The van der Waals surface area contributed by atoms with E-state index in [-0.39, 0.29) is 0 Å². The molecular formula is C18H26N4O5. The van der Waals surface area contributed by atoms with Crippen LogP contribution in [0.2, 0.25) is 0 Å². The van der Waals surface area contributed by atoms with Crippen LogP contribution in [0, 0.1) is 6.92 Å². The minimum Gasteiger partial charge on any atom is -0.366 e. The van der Waals surface area contributed by atoms with Gasteiger partial charge in [0.15, 0.2) is 11.9 Å². The molecule has 0 aliphatic carbocycles. The van der Waals surface area contributed by atoms with Crippen molar-refractivity contribution in [1.82, 2.24) is 19.6 Å². The van der Waals surface area contributed by atoms with Crippen molar-refractivity contribution in [2.45, 2.75) is 57.8 Å². The topological polar surface area (TPSA) is 98.9 Å². The van der Waals surface area contributed by atoms with E-state index in [2.05, 4.69) is 9.97 Å². The molecule has 2 aromatic heterocycles. The lowest BCUT2D eigenvalue weighted by Gasteiger charge is -2.35. The second-order valence-corrected chi connectivity index (χ2v) is 7.47. The fourth-order valence-electron chi connectivity index (χ4n) is 3.54. The third-order valence-electron chi connectivity index (χ3n) is 4.74. The summed E-state index contributed by atoms with van der Waals surface area (Å²) in [7, 11) is 2.91. The Morgan fingerprint density at radius 3 is 2.81 bits per heavy atom. The van der Waals surface area contributed by atoms with Crippen molar-refractivity contribution in [3.8, 4) is 0 Å². The first kappa shape index (κ1) is 19.7. The van der Waals surface area contributed by atoms with Gasteiger partial charge in [-0.3, -0.25) is 9.63 Å². The van der Waals surface area contributed by atoms with Crippen LogP contribution in [0.15, 0.2) is 18.6 Å². The summed E-state index contributed by atoms with van der Waals surface area (Å²) in [5.41, 5.74) is 0.510. The number of fused-ring (bicyclic) bond motifs is 1. The Morgan fingerprint density at radius 2 is 2.19 bits per heavy atom. The van der Waals surface area contributed by atoms with E-state index < -0.39 is 29.6 Å². The lowest BCUT2D eigenvalue weighted by molar-refractivity contribution is -0.255. The van der Waals surface area contributed by atoms with E-state index in [9.17, 15) is 9.90 Å². The Morgan fingerprint density at radius 1 is 1.48 bits per heavy atom. The first-order valence-electron chi connectivity index (χ1n) is 8.73. The number of aliphatic hydroxyl groups is 1. The first-order valence-corrected chi connectivity index (χ1v) is 8.73. The fourth-order valence-corrected chi connectivity index (χ4v) is 3.54. The zero-order valence-electron chi connectivity index (χ0n) is 16.5. The van der Waals surface area contributed by atoms with Crippen LogP contribution in [0.1, 0.15) is 39.1 Å². The summed E-state index contributed by atoms with van der Waals surface area (Å²) in [6, 6.07) is 1.92. The summed E-state index contributed by atoms with van der Waals surface area (Å²) >= 11 is 0. The van der Waals surface area contributed by atoms with Crippen molar-refractivity contribution in [2.75, 3.05) is 14.2 Å². The zero-order valence-corrected chi connectivity index (χ0v) is 16.5. The molecule has 3 rings (SSSR count). The molecule has 1 fully saturated rings. The lowest BCUT2D eigenvalue weighted by Crippen LogP contribution is -2.51. The van der Waals surface area contributed by atoms with Gasteiger partial charge in [0.25, 0.3) is 5.91 Å². The molecule has 0 aromatic carbocycles. The number of hydrogen-bond acceptors (Lipinski definition) is 7. The molecule has 0 radical (unpaired) electrons. The van der Waals surface area contributed by atoms with Gasteiger partial charge in [0, 0.05) is 25.1 Å². The van der Waals surface area contributed by atoms with Crippen molar-refractivity contribution < 1.29 is 24.2 Å². The molecule has 0 bridgehead atoms. The van der Waals surface area contributed by atoms with Gasteiger partial charge in [-0.05, 0) is 33.8 Å². The molecule has 148 valence electrons. The van der Waals surface area contributed by atoms with Gasteiger partial charge in [-0.1, -0.05) is 0 Å². The van der Waals surface area contributed by atoms with Crippen LogP contribution in [0.3, 0.4) is 0 Å². The van der Waals surface area contributed by atoms with E-state index in [1.165, 1.54) is 34.3 Å². The van der Waals surface area contributed by atoms with Crippen LogP contribution in [0.25, 0.3) is 11.0 Å². The highest BCUT2D eigenvalue weighted by Crippen LogP contribution is 2.43. The summed E-state index contributed by atoms with van der Waals surface area (Å²) in [5.74, 6) is -1.83. The molecule has 3 atom stereocenters. The molecule has 1 saturated heterocycles. The van der Waals surface area contributed by atoms with Gasteiger partial charge in [-0.25, -0.2) is 15.0 Å². The average Bonchev–Trinajstić information content (AvgIpc) is 3.13. The molecular weight excluding hydrogens is 352 g/mol. The van der Waals surface area contributed by atoms with Gasteiger partial charge in [-0.15, -0.1) is 0 Å². The van der Waals surface area contributed by atoms with E-state index in [1.807, 2.05) is 23.8 Å². The number of hydrogen-bond donors (Lipinski definition) is 1. The van der Waals surface area contributed by atoms with Crippen LogP contribution in [-0.2, 0) is 19.1 Å². The lowest BCUT2D eigenvalue weighted by atomic mass is 9.95. The SMILES string of the molecule is CON(C)C(=O)C1OC(n2ccc3c(C)ncnc32)CC1(C)OC(C)(C)O. The molecule has 3 unspecified atom stereocenters.